The van der Waals surface area contributed by atoms with E-state index in [1.807, 2.05) is 25.4 Å². The molecule has 2 fully saturated rings. The van der Waals surface area contributed by atoms with E-state index in [1.54, 1.807) is 0 Å². The van der Waals surface area contributed by atoms with E-state index < -0.39 is 0 Å². The van der Waals surface area contributed by atoms with Crippen molar-refractivity contribution in [1.82, 2.24) is 20.1 Å². The van der Waals surface area contributed by atoms with Crippen molar-refractivity contribution in [3.05, 3.63) is 54.0 Å². The summed E-state index contributed by atoms with van der Waals surface area (Å²) in [5.41, 5.74) is 2.27. The molecule has 2 aromatic rings. The highest BCUT2D eigenvalue weighted by Crippen LogP contribution is 2.18. The Kier molecular flexibility index (Phi) is 8.92. The molecule has 2 aliphatic rings. The quantitative estimate of drug-likeness (QED) is 0.357. The third kappa shape index (κ3) is 6.22. The number of nitrogens with zero attached hydrogens (tertiary/aromatic N) is 6. The van der Waals surface area contributed by atoms with Crippen molar-refractivity contribution in [1.29, 1.82) is 0 Å². The number of guanidine groups is 1. The topological polar surface area (TPSA) is 50.2 Å². The number of halogens is 2. The SMILES string of the molecule is CN=C(NCc1ccnc(N2CCN(C)CC2)c1)N1CCN(c2ccc(F)cc2)CC1.I. The van der Waals surface area contributed by atoms with Gasteiger partial charge in [0.05, 0.1) is 0 Å². The molecule has 32 heavy (non-hydrogen) atoms. The van der Waals surface area contributed by atoms with Crippen LogP contribution in [0.5, 0.6) is 0 Å². The summed E-state index contributed by atoms with van der Waals surface area (Å²) in [7, 11) is 3.99. The molecule has 3 heterocycles. The van der Waals surface area contributed by atoms with Gasteiger partial charge in [0.1, 0.15) is 11.6 Å². The second-order valence-corrected chi connectivity index (χ2v) is 8.16. The van der Waals surface area contributed by atoms with Crippen molar-refractivity contribution in [2.45, 2.75) is 6.54 Å². The van der Waals surface area contributed by atoms with Gasteiger partial charge in [0.25, 0.3) is 0 Å². The lowest BCUT2D eigenvalue weighted by molar-refractivity contribution is 0.312. The molecule has 0 unspecified atom stereocenters. The summed E-state index contributed by atoms with van der Waals surface area (Å²) >= 11 is 0. The van der Waals surface area contributed by atoms with Crippen molar-refractivity contribution in [3.63, 3.8) is 0 Å². The number of piperazine rings is 2. The Morgan fingerprint density at radius 1 is 0.969 bits per heavy atom. The number of hydrogen-bond donors (Lipinski definition) is 1. The maximum atomic E-state index is 13.2. The largest absolute Gasteiger partial charge is 0.368 e. The first-order valence-electron chi connectivity index (χ1n) is 11.0. The molecule has 174 valence electrons. The van der Waals surface area contributed by atoms with Crippen molar-refractivity contribution < 1.29 is 4.39 Å². The summed E-state index contributed by atoms with van der Waals surface area (Å²) in [6.07, 6.45) is 1.90. The average Bonchev–Trinajstić information content (AvgIpc) is 2.81. The minimum absolute atomic E-state index is 0. The van der Waals surface area contributed by atoms with Gasteiger partial charge >= 0.3 is 0 Å². The molecule has 7 nitrogen and oxygen atoms in total. The van der Waals surface area contributed by atoms with Gasteiger partial charge in [0.15, 0.2) is 5.96 Å². The Morgan fingerprint density at radius 2 is 1.62 bits per heavy atom. The van der Waals surface area contributed by atoms with Crippen LogP contribution in [0.3, 0.4) is 0 Å². The third-order valence-electron chi connectivity index (χ3n) is 6.07. The van der Waals surface area contributed by atoms with Gasteiger partial charge in [0.2, 0.25) is 0 Å². The predicted octanol–water partition coefficient (Wildman–Crippen LogP) is 2.49. The van der Waals surface area contributed by atoms with Gasteiger partial charge in [0, 0.05) is 77.8 Å². The minimum atomic E-state index is -0.195. The van der Waals surface area contributed by atoms with E-state index >= 15 is 0 Å². The number of nitrogens with one attached hydrogen (secondary N) is 1. The molecule has 1 aromatic carbocycles. The number of aliphatic imine (C=N–C) groups is 1. The van der Waals surface area contributed by atoms with Crippen LogP contribution in [0.2, 0.25) is 0 Å². The second kappa shape index (κ2) is 11.6. The molecule has 0 saturated carbocycles. The zero-order valence-corrected chi connectivity index (χ0v) is 21.2. The van der Waals surface area contributed by atoms with E-state index in [4.69, 9.17) is 0 Å². The lowest BCUT2D eigenvalue weighted by atomic mass is 10.2. The van der Waals surface area contributed by atoms with E-state index in [9.17, 15) is 4.39 Å². The summed E-state index contributed by atoms with van der Waals surface area (Å²) in [6, 6.07) is 11.0. The van der Waals surface area contributed by atoms with Crippen molar-refractivity contribution in [3.8, 4) is 0 Å². The fraction of sp³-hybridized carbons (Fsp3) is 0.478. The number of pyridine rings is 1. The maximum absolute atomic E-state index is 13.2. The van der Waals surface area contributed by atoms with Gasteiger partial charge in [-0.2, -0.15) is 0 Å². The number of hydrogen-bond acceptors (Lipinski definition) is 5. The molecule has 0 bridgehead atoms. The van der Waals surface area contributed by atoms with Crippen LogP contribution in [0.15, 0.2) is 47.6 Å². The molecule has 1 N–H and O–H groups in total. The van der Waals surface area contributed by atoms with Crippen LogP contribution in [0.25, 0.3) is 0 Å². The minimum Gasteiger partial charge on any atom is -0.368 e. The first-order chi connectivity index (χ1) is 15.1. The van der Waals surface area contributed by atoms with Crippen molar-refractivity contribution in [2.75, 3.05) is 76.3 Å². The van der Waals surface area contributed by atoms with E-state index in [0.717, 1.165) is 69.8 Å². The van der Waals surface area contributed by atoms with Gasteiger partial charge in [-0.3, -0.25) is 4.99 Å². The number of aromatic nitrogens is 1. The monoisotopic (exact) mass is 553 g/mol. The normalized spacial score (nSPS) is 17.8. The van der Waals surface area contributed by atoms with Crippen LogP contribution < -0.4 is 15.1 Å². The summed E-state index contributed by atoms with van der Waals surface area (Å²) in [5.74, 6) is 1.77. The van der Waals surface area contributed by atoms with Gasteiger partial charge in [-0.15, -0.1) is 24.0 Å². The molecule has 0 amide bonds. The number of benzene rings is 1. The summed E-state index contributed by atoms with van der Waals surface area (Å²) < 4.78 is 13.2. The van der Waals surface area contributed by atoms with Crippen LogP contribution >= 0.6 is 24.0 Å². The first kappa shape index (κ1) is 24.5. The first-order valence-corrected chi connectivity index (χ1v) is 11.0. The Bertz CT molecular complexity index is 876. The second-order valence-electron chi connectivity index (χ2n) is 8.16. The zero-order valence-electron chi connectivity index (χ0n) is 18.9. The highest BCUT2D eigenvalue weighted by molar-refractivity contribution is 14.0. The van der Waals surface area contributed by atoms with E-state index in [0.29, 0.717) is 6.54 Å². The lowest BCUT2D eigenvalue weighted by Crippen LogP contribution is -2.52. The molecule has 2 aliphatic heterocycles. The molecule has 0 spiro atoms. The Labute approximate surface area is 207 Å². The highest BCUT2D eigenvalue weighted by Gasteiger charge is 2.20. The van der Waals surface area contributed by atoms with Crippen molar-refractivity contribution in [2.24, 2.45) is 4.99 Å². The molecule has 0 radical (unpaired) electrons. The van der Waals surface area contributed by atoms with Crippen LogP contribution in [-0.2, 0) is 6.54 Å². The fourth-order valence-electron chi connectivity index (χ4n) is 4.12. The van der Waals surface area contributed by atoms with E-state index in [2.05, 4.69) is 54.1 Å². The summed E-state index contributed by atoms with van der Waals surface area (Å²) in [5, 5.41) is 3.51. The predicted molar refractivity (Wildman–Crippen MR) is 140 cm³/mol. The van der Waals surface area contributed by atoms with Gasteiger partial charge < -0.3 is 24.9 Å². The average molecular weight is 553 g/mol. The summed E-state index contributed by atoms with van der Waals surface area (Å²) in [6.45, 7) is 8.40. The smallest absolute Gasteiger partial charge is 0.194 e. The molecule has 2 saturated heterocycles. The molecule has 9 heteroatoms. The Morgan fingerprint density at radius 3 is 2.28 bits per heavy atom. The van der Waals surface area contributed by atoms with Crippen LogP contribution in [0.1, 0.15) is 5.56 Å². The molecule has 1 aromatic heterocycles. The Balaban J connectivity index is 0.00000289. The third-order valence-corrected chi connectivity index (χ3v) is 6.07. The molecular weight excluding hydrogens is 520 g/mol. The summed E-state index contributed by atoms with van der Waals surface area (Å²) in [4.78, 5) is 18.3. The molecule has 0 aliphatic carbocycles. The maximum Gasteiger partial charge on any atom is 0.194 e. The number of anilines is 2. The van der Waals surface area contributed by atoms with Crippen LogP contribution in [0, 0.1) is 5.82 Å². The van der Waals surface area contributed by atoms with Crippen LogP contribution in [-0.4, -0.2) is 87.2 Å². The van der Waals surface area contributed by atoms with Gasteiger partial charge in [-0.25, -0.2) is 9.37 Å². The standard InChI is InChI=1S/C23H32FN7.HI/c1-25-23(31-15-13-29(14-16-31)21-5-3-20(24)4-6-21)27-18-19-7-8-26-22(17-19)30-11-9-28(2)10-12-30;/h3-8,17H,9-16,18H2,1-2H3,(H,25,27);1H. The fourth-order valence-corrected chi connectivity index (χ4v) is 4.12. The highest BCUT2D eigenvalue weighted by atomic mass is 127. The number of rotatable bonds is 4. The lowest BCUT2D eigenvalue weighted by Gasteiger charge is -2.37. The Hall–Kier alpha value is -2.14. The molecule has 4 rings (SSSR count). The van der Waals surface area contributed by atoms with E-state index in [1.165, 1.54) is 17.7 Å². The van der Waals surface area contributed by atoms with Crippen molar-refractivity contribution >= 4 is 41.4 Å². The van der Waals surface area contributed by atoms with Gasteiger partial charge in [-0.05, 0) is 49.0 Å². The number of likely N-dealkylation sites (N-methyl/N-ethyl adjacent to an activating group) is 1. The molecular formula is C23H33FIN7. The van der Waals surface area contributed by atoms with Gasteiger partial charge in [-0.1, -0.05) is 0 Å². The van der Waals surface area contributed by atoms with E-state index in [-0.39, 0.29) is 29.8 Å². The van der Waals surface area contributed by atoms with Crippen LogP contribution in [0.4, 0.5) is 15.9 Å². The zero-order chi connectivity index (χ0) is 21.6. The molecule has 0 atom stereocenters.